The molecule has 0 aliphatic rings. The summed E-state index contributed by atoms with van der Waals surface area (Å²) in [5, 5.41) is 0. The molecule has 76 valence electrons. The third-order valence-corrected chi connectivity index (χ3v) is 2.43. The summed E-state index contributed by atoms with van der Waals surface area (Å²) in [7, 11) is 0. The van der Waals surface area contributed by atoms with Crippen molar-refractivity contribution in [3.8, 4) is 11.1 Å². The highest BCUT2D eigenvalue weighted by Crippen LogP contribution is 2.25. The van der Waals surface area contributed by atoms with Crippen molar-refractivity contribution in [2.24, 2.45) is 5.73 Å². The quantitative estimate of drug-likeness (QED) is 0.728. The molecule has 0 aromatic heterocycles. The fourth-order valence-electron chi connectivity index (χ4n) is 1.63. The minimum absolute atomic E-state index is 0.556. The van der Waals surface area contributed by atoms with Gasteiger partial charge in [0.25, 0.3) is 0 Å². The van der Waals surface area contributed by atoms with E-state index in [-0.39, 0.29) is 0 Å². The zero-order valence-electron chi connectivity index (χ0n) is 8.48. The molecule has 2 rings (SSSR count). The molecule has 0 fully saturated rings. The molecule has 2 aromatic rings. The molecule has 0 saturated carbocycles. The number of nitrogens with two attached hydrogens (primary N) is 2. The second-order valence-electron chi connectivity index (χ2n) is 3.49. The van der Waals surface area contributed by atoms with Gasteiger partial charge in [-0.2, -0.15) is 0 Å². The van der Waals surface area contributed by atoms with E-state index < -0.39 is 0 Å². The molecule has 0 unspecified atom stereocenters. The van der Waals surface area contributed by atoms with Gasteiger partial charge in [0.1, 0.15) is 0 Å². The van der Waals surface area contributed by atoms with E-state index in [9.17, 15) is 0 Å². The highest BCUT2D eigenvalue weighted by atomic mass is 14.6. The summed E-state index contributed by atoms with van der Waals surface area (Å²) in [6.07, 6.45) is 0. The molecular formula is C13H14N2. The standard InChI is InChI=1S/C13H14N2/c14-9-10-4-3-5-11(8-10)12-6-1-2-7-13(12)15/h1-8H,9,14-15H2. The van der Waals surface area contributed by atoms with Crippen molar-refractivity contribution in [1.82, 2.24) is 0 Å². The van der Waals surface area contributed by atoms with E-state index >= 15 is 0 Å². The smallest absolute Gasteiger partial charge is 0.0393 e. The van der Waals surface area contributed by atoms with Crippen LogP contribution >= 0.6 is 0 Å². The van der Waals surface area contributed by atoms with Gasteiger partial charge in [0.05, 0.1) is 0 Å². The van der Waals surface area contributed by atoms with Crippen molar-refractivity contribution in [3.63, 3.8) is 0 Å². The third kappa shape index (κ3) is 2.00. The predicted octanol–water partition coefficient (Wildman–Crippen LogP) is 2.39. The van der Waals surface area contributed by atoms with Crippen LogP contribution in [0.2, 0.25) is 0 Å². The summed E-state index contributed by atoms with van der Waals surface area (Å²) < 4.78 is 0. The Morgan fingerprint density at radius 2 is 1.73 bits per heavy atom. The normalized spacial score (nSPS) is 10.2. The number of anilines is 1. The van der Waals surface area contributed by atoms with Crippen LogP contribution in [0.1, 0.15) is 5.56 Å². The minimum Gasteiger partial charge on any atom is -0.398 e. The molecule has 0 amide bonds. The van der Waals surface area contributed by atoms with Gasteiger partial charge in [-0.1, -0.05) is 36.4 Å². The predicted molar refractivity (Wildman–Crippen MR) is 64.2 cm³/mol. The van der Waals surface area contributed by atoms with Gasteiger partial charge in [-0.05, 0) is 23.3 Å². The van der Waals surface area contributed by atoms with Crippen LogP contribution in [-0.4, -0.2) is 0 Å². The van der Waals surface area contributed by atoms with Gasteiger partial charge in [0.15, 0.2) is 0 Å². The molecule has 0 heterocycles. The lowest BCUT2D eigenvalue weighted by Gasteiger charge is -2.06. The Hall–Kier alpha value is -1.80. The molecule has 4 N–H and O–H groups in total. The largest absolute Gasteiger partial charge is 0.398 e. The topological polar surface area (TPSA) is 52.0 Å². The van der Waals surface area contributed by atoms with Crippen molar-refractivity contribution < 1.29 is 0 Å². The SMILES string of the molecule is NCc1cccc(-c2ccccc2N)c1. The van der Waals surface area contributed by atoms with Crippen LogP contribution in [0.5, 0.6) is 0 Å². The number of benzene rings is 2. The van der Waals surface area contributed by atoms with E-state index in [1.54, 1.807) is 0 Å². The fraction of sp³-hybridized carbons (Fsp3) is 0.0769. The van der Waals surface area contributed by atoms with E-state index in [4.69, 9.17) is 11.5 Å². The van der Waals surface area contributed by atoms with Gasteiger partial charge < -0.3 is 11.5 Å². The molecule has 15 heavy (non-hydrogen) atoms. The molecule has 0 saturated heterocycles. The zero-order valence-corrected chi connectivity index (χ0v) is 8.48. The number of rotatable bonds is 2. The first-order valence-corrected chi connectivity index (χ1v) is 4.95. The maximum Gasteiger partial charge on any atom is 0.0393 e. The van der Waals surface area contributed by atoms with Crippen molar-refractivity contribution in [2.75, 3.05) is 5.73 Å². The summed E-state index contributed by atoms with van der Waals surface area (Å²) in [4.78, 5) is 0. The summed E-state index contributed by atoms with van der Waals surface area (Å²) in [5.41, 5.74) is 15.6. The van der Waals surface area contributed by atoms with Gasteiger partial charge in [-0.3, -0.25) is 0 Å². The lowest BCUT2D eigenvalue weighted by molar-refractivity contribution is 1.07. The highest BCUT2D eigenvalue weighted by molar-refractivity contribution is 5.76. The van der Waals surface area contributed by atoms with Crippen molar-refractivity contribution in [1.29, 1.82) is 0 Å². The average molecular weight is 198 g/mol. The highest BCUT2D eigenvalue weighted by Gasteiger charge is 2.01. The molecular weight excluding hydrogens is 184 g/mol. The maximum absolute atomic E-state index is 5.91. The first kappa shape index (κ1) is 9.74. The van der Waals surface area contributed by atoms with Gasteiger partial charge in [0.2, 0.25) is 0 Å². The summed E-state index contributed by atoms with van der Waals surface area (Å²) >= 11 is 0. The van der Waals surface area contributed by atoms with Gasteiger partial charge >= 0.3 is 0 Å². The summed E-state index contributed by atoms with van der Waals surface area (Å²) in [6.45, 7) is 0.556. The average Bonchev–Trinajstić information content (AvgIpc) is 2.30. The molecule has 0 bridgehead atoms. The van der Waals surface area contributed by atoms with Crippen LogP contribution in [0.25, 0.3) is 11.1 Å². The Bertz CT molecular complexity index is 464. The van der Waals surface area contributed by atoms with Crippen molar-refractivity contribution in [2.45, 2.75) is 6.54 Å². The first-order chi connectivity index (χ1) is 7.31. The zero-order chi connectivity index (χ0) is 10.7. The molecule has 0 radical (unpaired) electrons. The molecule has 2 nitrogen and oxygen atoms in total. The number of nitrogen functional groups attached to an aromatic ring is 1. The lowest BCUT2D eigenvalue weighted by Crippen LogP contribution is -1.96. The first-order valence-electron chi connectivity index (χ1n) is 4.95. The molecule has 0 aliphatic heterocycles. The van der Waals surface area contributed by atoms with Crippen LogP contribution in [0.3, 0.4) is 0 Å². The second-order valence-corrected chi connectivity index (χ2v) is 3.49. The van der Waals surface area contributed by atoms with E-state index in [1.807, 2.05) is 42.5 Å². The van der Waals surface area contributed by atoms with E-state index in [0.29, 0.717) is 6.54 Å². The fourth-order valence-corrected chi connectivity index (χ4v) is 1.63. The van der Waals surface area contributed by atoms with Crippen LogP contribution in [0.15, 0.2) is 48.5 Å². The Morgan fingerprint density at radius 1 is 0.933 bits per heavy atom. The van der Waals surface area contributed by atoms with E-state index in [2.05, 4.69) is 6.07 Å². The van der Waals surface area contributed by atoms with Crippen molar-refractivity contribution >= 4 is 5.69 Å². The second kappa shape index (κ2) is 4.15. The Morgan fingerprint density at radius 3 is 2.47 bits per heavy atom. The van der Waals surface area contributed by atoms with Gasteiger partial charge in [-0.25, -0.2) is 0 Å². The summed E-state index contributed by atoms with van der Waals surface area (Å²) in [6, 6.07) is 16.0. The summed E-state index contributed by atoms with van der Waals surface area (Å²) in [5.74, 6) is 0. The van der Waals surface area contributed by atoms with Gasteiger partial charge in [-0.15, -0.1) is 0 Å². The van der Waals surface area contributed by atoms with E-state index in [0.717, 1.165) is 22.4 Å². The monoisotopic (exact) mass is 198 g/mol. The Balaban J connectivity index is 2.49. The van der Waals surface area contributed by atoms with Crippen molar-refractivity contribution in [3.05, 3.63) is 54.1 Å². The number of hydrogen-bond acceptors (Lipinski definition) is 2. The molecule has 0 atom stereocenters. The Labute approximate surface area is 89.5 Å². The molecule has 0 aliphatic carbocycles. The van der Waals surface area contributed by atoms with Crippen LogP contribution in [-0.2, 0) is 6.54 Å². The number of hydrogen-bond donors (Lipinski definition) is 2. The Kier molecular flexibility index (Phi) is 2.70. The molecule has 0 spiro atoms. The van der Waals surface area contributed by atoms with Crippen LogP contribution < -0.4 is 11.5 Å². The van der Waals surface area contributed by atoms with E-state index in [1.165, 1.54) is 0 Å². The number of para-hydroxylation sites is 1. The third-order valence-electron chi connectivity index (χ3n) is 2.43. The maximum atomic E-state index is 5.91. The van der Waals surface area contributed by atoms with Crippen LogP contribution in [0.4, 0.5) is 5.69 Å². The molecule has 2 heteroatoms. The lowest BCUT2D eigenvalue weighted by atomic mass is 10.0. The van der Waals surface area contributed by atoms with Gasteiger partial charge in [0, 0.05) is 17.8 Å². The van der Waals surface area contributed by atoms with Crippen LogP contribution in [0, 0.1) is 0 Å². The molecule has 2 aromatic carbocycles. The minimum atomic E-state index is 0.556.